The fourth-order valence-electron chi connectivity index (χ4n) is 2.88. The summed E-state index contributed by atoms with van der Waals surface area (Å²) < 4.78 is 0. The molecule has 0 radical (unpaired) electrons. The Bertz CT molecular complexity index is 397. The summed E-state index contributed by atoms with van der Waals surface area (Å²) in [6.07, 6.45) is 6.92. The Kier molecular flexibility index (Phi) is 4.04. The molecular weight excluding hydrogens is 224 g/mol. The Hall–Kier alpha value is -1.32. The zero-order chi connectivity index (χ0) is 13.1. The number of hydrogen-bond acceptors (Lipinski definition) is 4. The molecule has 1 aliphatic carbocycles. The van der Waals surface area contributed by atoms with Crippen molar-refractivity contribution >= 4 is 11.6 Å². The SMILES string of the molecule is CC(C)c1c(N)ncnc1NC(C)C1CCCC1. The van der Waals surface area contributed by atoms with Crippen LogP contribution in [0.2, 0.25) is 0 Å². The molecule has 0 amide bonds. The Morgan fingerprint density at radius 2 is 1.89 bits per heavy atom. The van der Waals surface area contributed by atoms with Crippen LogP contribution in [0.3, 0.4) is 0 Å². The van der Waals surface area contributed by atoms with Crippen LogP contribution in [-0.4, -0.2) is 16.0 Å². The molecule has 0 spiro atoms. The van der Waals surface area contributed by atoms with Crippen LogP contribution in [0.25, 0.3) is 0 Å². The van der Waals surface area contributed by atoms with Gasteiger partial charge in [0.05, 0.1) is 0 Å². The average molecular weight is 248 g/mol. The van der Waals surface area contributed by atoms with Gasteiger partial charge in [-0.2, -0.15) is 0 Å². The number of anilines is 2. The smallest absolute Gasteiger partial charge is 0.135 e. The first-order valence-corrected chi connectivity index (χ1v) is 6.96. The second kappa shape index (κ2) is 5.55. The van der Waals surface area contributed by atoms with Crippen molar-refractivity contribution in [2.45, 2.75) is 58.4 Å². The first-order valence-electron chi connectivity index (χ1n) is 6.96. The minimum Gasteiger partial charge on any atom is -0.383 e. The molecule has 0 aliphatic heterocycles. The highest BCUT2D eigenvalue weighted by molar-refractivity contribution is 5.57. The van der Waals surface area contributed by atoms with Gasteiger partial charge in [-0.25, -0.2) is 9.97 Å². The second-order valence-electron chi connectivity index (χ2n) is 5.65. The maximum absolute atomic E-state index is 5.96. The van der Waals surface area contributed by atoms with E-state index in [2.05, 4.69) is 36.1 Å². The van der Waals surface area contributed by atoms with Crippen molar-refractivity contribution in [3.05, 3.63) is 11.9 Å². The van der Waals surface area contributed by atoms with Crippen molar-refractivity contribution in [3.63, 3.8) is 0 Å². The molecule has 1 saturated carbocycles. The lowest BCUT2D eigenvalue weighted by Crippen LogP contribution is -2.25. The van der Waals surface area contributed by atoms with Gasteiger partial charge < -0.3 is 11.1 Å². The Morgan fingerprint density at radius 1 is 1.22 bits per heavy atom. The summed E-state index contributed by atoms with van der Waals surface area (Å²) in [6.45, 7) is 6.50. The van der Waals surface area contributed by atoms with Crippen molar-refractivity contribution in [1.82, 2.24) is 9.97 Å². The van der Waals surface area contributed by atoms with Crippen LogP contribution in [0.4, 0.5) is 11.6 Å². The van der Waals surface area contributed by atoms with E-state index in [9.17, 15) is 0 Å². The van der Waals surface area contributed by atoms with Crippen LogP contribution in [0.15, 0.2) is 6.33 Å². The molecule has 1 heterocycles. The molecule has 100 valence electrons. The highest BCUT2D eigenvalue weighted by atomic mass is 15.1. The van der Waals surface area contributed by atoms with Crippen LogP contribution >= 0.6 is 0 Å². The maximum Gasteiger partial charge on any atom is 0.135 e. The first kappa shape index (κ1) is 13.1. The van der Waals surface area contributed by atoms with E-state index < -0.39 is 0 Å². The van der Waals surface area contributed by atoms with Gasteiger partial charge >= 0.3 is 0 Å². The van der Waals surface area contributed by atoms with E-state index in [1.54, 1.807) is 6.33 Å². The lowest BCUT2D eigenvalue weighted by Gasteiger charge is -2.23. The molecule has 1 fully saturated rings. The van der Waals surface area contributed by atoms with E-state index in [4.69, 9.17) is 5.73 Å². The molecular formula is C14H24N4. The molecule has 1 aromatic rings. The van der Waals surface area contributed by atoms with Crippen LogP contribution in [-0.2, 0) is 0 Å². The van der Waals surface area contributed by atoms with Gasteiger partial charge in [0.2, 0.25) is 0 Å². The van der Waals surface area contributed by atoms with Gasteiger partial charge in [0.1, 0.15) is 18.0 Å². The zero-order valence-electron chi connectivity index (χ0n) is 11.6. The van der Waals surface area contributed by atoms with E-state index in [1.165, 1.54) is 25.7 Å². The molecule has 3 N–H and O–H groups in total. The van der Waals surface area contributed by atoms with Crippen molar-refractivity contribution in [1.29, 1.82) is 0 Å². The fourth-order valence-corrected chi connectivity index (χ4v) is 2.88. The van der Waals surface area contributed by atoms with Gasteiger partial charge in [-0.1, -0.05) is 26.7 Å². The van der Waals surface area contributed by atoms with Gasteiger partial charge in [-0.15, -0.1) is 0 Å². The van der Waals surface area contributed by atoms with Crippen LogP contribution < -0.4 is 11.1 Å². The molecule has 1 atom stereocenters. The van der Waals surface area contributed by atoms with E-state index in [0.717, 1.165) is 17.3 Å². The number of nitrogens with one attached hydrogen (secondary N) is 1. The normalized spacial score (nSPS) is 18.2. The number of hydrogen-bond donors (Lipinski definition) is 2. The fraction of sp³-hybridized carbons (Fsp3) is 0.714. The lowest BCUT2D eigenvalue weighted by molar-refractivity contribution is 0.480. The summed E-state index contributed by atoms with van der Waals surface area (Å²) >= 11 is 0. The van der Waals surface area contributed by atoms with Gasteiger partial charge in [-0.3, -0.25) is 0 Å². The quantitative estimate of drug-likeness (QED) is 0.859. The minimum atomic E-state index is 0.337. The van der Waals surface area contributed by atoms with Gasteiger partial charge in [-0.05, 0) is 31.6 Å². The van der Waals surface area contributed by atoms with Gasteiger partial charge in [0.25, 0.3) is 0 Å². The van der Waals surface area contributed by atoms with E-state index in [1.807, 2.05) is 0 Å². The summed E-state index contributed by atoms with van der Waals surface area (Å²) in [7, 11) is 0. The zero-order valence-corrected chi connectivity index (χ0v) is 11.6. The number of rotatable bonds is 4. The lowest BCUT2D eigenvalue weighted by atomic mass is 9.98. The average Bonchev–Trinajstić information content (AvgIpc) is 2.81. The third kappa shape index (κ3) is 2.74. The molecule has 1 unspecified atom stereocenters. The Balaban J connectivity index is 2.15. The monoisotopic (exact) mass is 248 g/mol. The van der Waals surface area contributed by atoms with Crippen LogP contribution in [0.1, 0.15) is 57.9 Å². The number of nitrogens with two attached hydrogens (primary N) is 1. The predicted molar refractivity (Wildman–Crippen MR) is 75.6 cm³/mol. The number of aromatic nitrogens is 2. The molecule has 1 aliphatic rings. The van der Waals surface area contributed by atoms with Crippen molar-refractivity contribution < 1.29 is 0 Å². The largest absolute Gasteiger partial charge is 0.383 e. The summed E-state index contributed by atoms with van der Waals surface area (Å²) in [6, 6.07) is 0.458. The topological polar surface area (TPSA) is 63.8 Å². The summed E-state index contributed by atoms with van der Waals surface area (Å²) in [5, 5.41) is 3.54. The number of nitrogen functional groups attached to an aromatic ring is 1. The molecule has 0 saturated heterocycles. The molecule has 2 rings (SSSR count). The molecule has 18 heavy (non-hydrogen) atoms. The highest BCUT2D eigenvalue weighted by Gasteiger charge is 2.23. The van der Waals surface area contributed by atoms with Crippen molar-refractivity contribution in [2.24, 2.45) is 5.92 Å². The molecule has 0 bridgehead atoms. The third-order valence-electron chi connectivity index (χ3n) is 3.96. The number of nitrogens with zero attached hydrogens (tertiary/aromatic N) is 2. The van der Waals surface area contributed by atoms with Gasteiger partial charge in [0, 0.05) is 11.6 Å². The minimum absolute atomic E-state index is 0.337. The van der Waals surface area contributed by atoms with Crippen molar-refractivity contribution in [2.75, 3.05) is 11.1 Å². The Morgan fingerprint density at radius 3 is 2.50 bits per heavy atom. The van der Waals surface area contributed by atoms with E-state index in [0.29, 0.717) is 17.8 Å². The molecule has 4 heteroatoms. The third-order valence-corrected chi connectivity index (χ3v) is 3.96. The molecule has 4 nitrogen and oxygen atoms in total. The standard InChI is InChI=1S/C14H24N4/c1-9(2)12-13(15)16-8-17-14(12)18-10(3)11-6-4-5-7-11/h8-11H,4-7H2,1-3H3,(H3,15,16,17,18). The van der Waals surface area contributed by atoms with Gasteiger partial charge in [0.15, 0.2) is 0 Å². The summed E-state index contributed by atoms with van der Waals surface area (Å²) in [5.41, 5.74) is 7.00. The summed E-state index contributed by atoms with van der Waals surface area (Å²) in [4.78, 5) is 8.46. The van der Waals surface area contributed by atoms with E-state index >= 15 is 0 Å². The first-order chi connectivity index (χ1) is 8.59. The maximum atomic E-state index is 5.96. The second-order valence-corrected chi connectivity index (χ2v) is 5.65. The van der Waals surface area contributed by atoms with Crippen LogP contribution in [0.5, 0.6) is 0 Å². The molecule has 1 aromatic heterocycles. The van der Waals surface area contributed by atoms with Crippen molar-refractivity contribution in [3.8, 4) is 0 Å². The predicted octanol–water partition coefficient (Wildman–Crippen LogP) is 3.17. The molecule has 0 aromatic carbocycles. The van der Waals surface area contributed by atoms with Crippen LogP contribution in [0, 0.1) is 5.92 Å². The van der Waals surface area contributed by atoms with E-state index in [-0.39, 0.29) is 0 Å². The summed E-state index contributed by atoms with van der Waals surface area (Å²) in [5.74, 6) is 2.61. The Labute approximate surface area is 109 Å². The highest BCUT2D eigenvalue weighted by Crippen LogP contribution is 2.31.